The summed E-state index contributed by atoms with van der Waals surface area (Å²) in [6.07, 6.45) is -3.35. The normalized spacial score (nSPS) is 13.8. The van der Waals surface area contributed by atoms with E-state index in [0.29, 0.717) is 12.0 Å². The molecule has 0 heterocycles. The average molecular weight is 556 g/mol. The fourth-order valence-electron chi connectivity index (χ4n) is 2.69. The SMILES string of the molecule is CCC(C)OC(=O)OC[C@H](C)OC(=O)[C@@H](N)Cc1ccc(OC(=O)OC(C)(C)C)c(OC(=O)OC(C)(C)C)c1. The molecule has 1 unspecified atom stereocenters. The molecule has 1 rings (SSSR count). The van der Waals surface area contributed by atoms with Crippen LogP contribution in [0.5, 0.6) is 11.5 Å². The van der Waals surface area contributed by atoms with Crippen LogP contribution in [-0.2, 0) is 34.9 Å². The van der Waals surface area contributed by atoms with Crippen molar-refractivity contribution in [2.45, 2.75) is 105 Å². The van der Waals surface area contributed by atoms with Gasteiger partial charge in [-0.05, 0) is 85.9 Å². The van der Waals surface area contributed by atoms with E-state index in [4.69, 9.17) is 38.9 Å². The van der Waals surface area contributed by atoms with Crippen LogP contribution >= 0.6 is 0 Å². The molecule has 2 N–H and O–H groups in total. The molecule has 1 aromatic rings. The molecule has 0 aliphatic rings. The molecule has 0 aliphatic carbocycles. The third kappa shape index (κ3) is 14.3. The quantitative estimate of drug-likeness (QED) is 0.232. The van der Waals surface area contributed by atoms with E-state index in [1.165, 1.54) is 25.1 Å². The Kier molecular flexibility index (Phi) is 12.5. The van der Waals surface area contributed by atoms with Gasteiger partial charge in [0.2, 0.25) is 0 Å². The lowest BCUT2D eigenvalue weighted by molar-refractivity contribution is -0.152. The van der Waals surface area contributed by atoms with Crippen LogP contribution in [0.1, 0.15) is 74.3 Å². The maximum Gasteiger partial charge on any atom is 0.514 e. The van der Waals surface area contributed by atoms with Gasteiger partial charge < -0.3 is 38.9 Å². The lowest BCUT2D eigenvalue weighted by Crippen LogP contribution is -2.37. The predicted octanol–water partition coefficient (Wildman–Crippen LogP) is 5.07. The van der Waals surface area contributed by atoms with Crippen LogP contribution in [-0.4, -0.2) is 60.5 Å². The first-order chi connectivity index (χ1) is 17.9. The largest absolute Gasteiger partial charge is 0.514 e. The van der Waals surface area contributed by atoms with Crippen molar-refractivity contribution in [1.29, 1.82) is 0 Å². The number of esters is 1. The molecule has 0 amide bonds. The van der Waals surface area contributed by atoms with E-state index < -0.39 is 47.8 Å². The summed E-state index contributed by atoms with van der Waals surface area (Å²) < 4.78 is 36.0. The highest BCUT2D eigenvalue weighted by molar-refractivity contribution is 5.76. The number of carbonyl (C=O) groups is 4. The topological polar surface area (TPSA) is 159 Å². The van der Waals surface area contributed by atoms with Crippen molar-refractivity contribution in [1.82, 2.24) is 0 Å². The minimum absolute atomic E-state index is 0.0140. The Morgan fingerprint density at radius 2 is 1.33 bits per heavy atom. The Hall–Kier alpha value is -3.54. The maximum atomic E-state index is 12.5. The molecule has 0 aromatic heterocycles. The molecule has 1 aromatic carbocycles. The van der Waals surface area contributed by atoms with Crippen LogP contribution in [0.15, 0.2) is 18.2 Å². The third-order valence-corrected chi connectivity index (χ3v) is 4.56. The molecule has 3 atom stereocenters. The average Bonchev–Trinajstić information content (AvgIpc) is 2.76. The van der Waals surface area contributed by atoms with Crippen molar-refractivity contribution in [2.75, 3.05) is 6.61 Å². The first-order valence-electron chi connectivity index (χ1n) is 12.6. The highest BCUT2D eigenvalue weighted by Gasteiger charge is 2.25. The van der Waals surface area contributed by atoms with Gasteiger partial charge in [-0.2, -0.15) is 0 Å². The smallest absolute Gasteiger partial charge is 0.458 e. The van der Waals surface area contributed by atoms with E-state index >= 15 is 0 Å². The minimum atomic E-state index is -1.11. The molecule has 0 bridgehead atoms. The van der Waals surface area contributed by atoms with Crippen LogP contribution in [0, 0.1) is 0 Å². The molecular formula is C27H41NO11. The van der Waals surface area contributed by atoms with E-state index in [2.05, 4.69) is 0 Å². The Labute approximate surface area is 229 Å². The van der Waals surface area contributed by atoms with E-state index in [9.17, 15) is 19.2 Å². The molecular weight excluding hydrogens is 514 g/mol. The first kappa shape index (κ1) is 33.5. The molecule has 0 aliphatic heterocycles. The van der Waals surface area contributed by atoms with Crippen LogP contribution in [0.4, 0.5) is 14.4 Å². The number of rotatable bonds is 10. The van der Waals surface area contributed by atoms with Gasteiger partial charge in [-0.15, -0.1) is 0 Å². The second-order valence-electron chi connectivity index (χ2n) is 10.9. The summed E-state index contributed by atoms with van der Waals surface area (Å²) in [7, 11) is 0. The molecule has 39 heavy (non-hydrogen) atoms. The van der Waals surface area contributed by atoms with Crippen molar-refractivity contribution in [3.8, 4) is 11.5 Å². The summed E-state index contributed by atoms with van der Waals surface area (Å²) in [5.41, 5.74) is 4.84. The van der Waals surface area contributed by atoms with E-state index in [-0.39, 0.29) is 30.6 Å². The fraction of sp³-hybridized carbons (Fsp3) is 0.630. The fourth-order valence-corrected chi connectivity index (χ4v) is 2.69. The van der Waals surface area contributed by atoms with E-state index in [0.717, 1.165) is 0 Å². The van der Waals surface area contributed by atoms with Gasteiger partial charge in [0.15, 0.2) is 11.5 Å². The number of hydrogen-bond donors (Lipinski definition) is 1. The number of benzene rings is 1. The minimum Gasteiger partial charge on any atom is -0.458 e. The van der Waals surface area contributed by atoms with Crippen LogP contribution in [0.25, 0.3) is 0 Å². The second-order valence-corrected chi connectivity index (χ2v) is 10.9. The summed E-state index contributed by atoms with van der Waals surface area (Å²) in [6.45, 7) is 14.9. The lowest BCUT2D eigenvalue weighted by Gasteiger charge is -2.21. The molecule has 0 fully saturated rings. The van der Waals surface area contributed by atoms with Crippen LogP contribution < -0.4 is 15.2 Å². The number of nitrogens with two attached hydrogens (primary N) is 1. The molecule has 0 saturated heterocycles. The lowest BCUT2D eigenvalue weighted by atomic mass is 10.1. The monoisotopic (exact) mass is 555 g/mol. The highest BCUT2D eigenvalue weighted by atomic mass is 16.8. The van der Waals surface area contributed by atoms with E-state index in [1.54, 1.807) is 48.5 Å². The molecule has 0 radical (unpaired) electrons. The van der Waals surface area contributed by atoms with Crippen molar-refractivity contribution in [2.24, 2.45) is 5.73 Å². The number of hydrogen-bond acceptors (Lipinski definition) is 12. The van der Waals surface area contributed by atoms with Gasteiger partial charge in [0, 0.05) is 0 Å². The zero-order chi connectivity index (χ0) is 30.0. The summed E-state index contributed by atoms with van der Waals surface area (Å²) in [5.74, 6) is -0.995. The Morgan fingerprint density at radius 1 is 0.795 bits per heavy atom. The predicted molar refractivity (Wildman–Crippen MR) is 140 cm³/mol. The van der Waals surface area contributed by atoms with Crippen molar-refractivity contribution in [3.63, 3.8) is 0 Å². The van der Waals surface area contributed by atoms with Crippen molar-refractivity contribution in [3.05, 3.63) is 23.8 Å². The maximum absolute atomic E-state index is 12.5. The molecule has 0 spiro atoms. The van der Waals surface area contributed by atoms with Crippen LogP contribution in [0.3, 0.4) is 0 Å². The summed E-state index contributed by atoms with van der Waals surface area (Å²) >= 11 is 0. The molecule has 220 valence electrons. The van der Waals surface area contributed by atoms with E-state index in [1.807, 2.05) is 6.92 Å². The molecule has 0 saturated carbocycles. The van der Waals surface area contributed by atoms with Gasteiger partial charge in [-0.25, -0.2) is 14.4 Å². The Morgan fingerprint density at radius 3 is 1.85 bits per heavy atom. The Balaban J connectivity index is 2.91. The summed E-state index contributed by atoms with van der Waals surface area (Å²) in [6, 6.07) is 3.18. The number of ether oxygens (including phenoxy) is 7. The Bertz CT molecular complexity index is 994. The van der Waals surface area contributed by atoms with Gasteiger partial charge in [0.05, 0.1) is 0 Å². The first-order valence-corrected chi connectivity index (χ1v) is 12.6. The van der Waals surface area contributed by atoms with Gasteiger partial charge >= 0.3 is 24.4 Å². The van der Waals surface area contributed by atoms with Crippen LogP contribution in [0.2, 0.25) is 0 Å². The molecule has 12 nitrogen and oxygen atoms in total. The zero-order valence-corrected chi connectivity index (χ0v) is 24.2. The van der Waals surface area contributed by atoms with Gasteiger partial charge in [-0.3, -0.25) is 4.79 Å². The van der Waals surface area contributed by atoms with Crippen molar-refractivity contribution < 1.29 is 52.3 Å². The summed E-state index contributed by atoms with van der Waals surface area (Å²) in [4.78, 5) is 48.6. The van der Waals surface area contributed by atoms with Gasteiger partial charge in [-0.1, -0.05) is 13.0 Å². The number of carbonyl (C=O) groups excluding carboxylic acids is 4. The second kappa shape index (κ2) is 14.6. The van der Waals surface area contributed by atoms with Gasteiger partial charge in [0.25, 0.3) is 0 Å². The summed E-state index contributed by atoms with van der Waals surface area (Å²) in [5, 5.41) is 0. The molecule has 12 heteroatoms. The van der Waals surface area contributed by atoms with Gasteiger partial charge in [0.1, 0.15) is 36.1 Å². The standard InChI is InChI=1S/C27H41NO11/c1-10-16(2)35-23(30)33-15-17(3)34-22(29)19(28)13-18-11-12-20(36-24(31)38-26(4,5)6)21(14-18)37-25(32)39-27(7,8)9/h11-12,14,16-17,19H,10,13,15,28H2,1-9H3/t16?,17-,19-/m0/s1. The highest BCUT2D eigenvalue weighted by Crippen LogP contribution is 2.31. The third-order valence-electron chi connectivity index (χ3n) is 4.56. The van der Waals surface area contributed by atoms with Crippen molar-refractivity contribution >= 4 is 24.4 Å². The zero-order valence-electron chi connectivity index (χ0n) is 24.2.